The zero-order chi connectivity index (χ0) is 10.8. The van der Waals surface area contributed by atoms with Gasteiger partial charge in [0.1, 0.15) is 0 Å². The number of thiophene rings is 1. The Bertz CT molecular complexity index is 363. The molecule has 0 aliphatic carbocycles. The van der Waals surface area contributed by atoms with Gasteiger partial charge in [0.15, 0.2) is 0 Å². The van der Waals surface area contributed by atoms with Gasteiger partial charge in [0.25, 0.3) is 5.91 Å². The van der Waals surface area contributed by atoms with Crippen LogP contribution >= 0.6 is 27.3 Å². The SMILES string of the molecule is Cc1ccsc1C(=O)N1CCCC1CBr. The van der Waals surface area contributed by atoms with E-state index in [4.69, 9.17) is 0 Å². The van der Waals surface area contributed by atoms with Crippen LogP contribution in [0.2, 0.25) is 0 Å². The van der Waals surface area contributed by atoms with E-state index in [9.17, 15) is 4.79 Å². The van der Waals surface area contributed by atoms with Crippen LogP contribution in [0.15, 0.2) is 11.4 Å². The van der Waals surface area contributed by atoms with Gasteiger partial charge in [-0.05, 0) is 36.8 Å². The van der Waals surface area contributed by atoms with Crippen LogP contribution in [-0.4, -0.2) is 28.7 Å². The van der Waals surface area contributed by atoms with Crippen molar-refractivity contribution in [2.45, 2.75) is 25.8 Å². The van der Waals surface area contributed by atoms with Crippen LogP contribution in [0.1, 0.15) is 28.1 Å². The van der Waals surface area contributed by atoms with Crippen molar-refractivity contribution in [3.05, 3.63) is 21.9 Å². The normalized spacial score (nSPS) is 20.9. The molecule has 0 aromatic carbocycles. The predicted molar refractivity (Wildman–Crippen MR) is 66.9 cm³/mol. The Balaban J connectivity index is 2.18. The number of hydrogen-bond acceptors (Lipinski definition) is 2. The first-order valence-corrected chi connectivity index (χ1v) is 7.15. The Morgan fingerprint density at radius 1 is 1.73 bits per heavy atom. The van der Waals surface area contributed by atoms with Gasteiger partial charge in [0, 0.05) is 17.9 Å². The Labute approximate surface area is 102 Å². The first kappa shape index (κ1) is 11.1. The zero-order valence-corrected chi connectivity index (χ0v) is 11.1. The fourth-order valence-electron chi connectivity index (χ4n) is 1.99. The molecule has 1 fully saturated rings. The maximum atomic E-state index is 12.2. The van der Waals surface area contributed by atoms with Gasteiger partial charge in [-0.1, -0.05) is 15.9 Å². The third-order valence-electron chi connectivity index (χ3n) is 2.87. The number of aryl methyl sites for hydroxylation is 1. The zero-order valence-electron chi connectivity index (χ0n) is 8.70. The maximum absolute atomic E-state index is 12.2. The summed E-state index contributed by atoms with van der Waals surface area (Å²) in [6, 6.07) is 2.40. The highest BCUT2D eigenvalue weighted by Crippen LogP contribution is 2.25. The number of halogens is 1. The Kier molecular flexibility index (Phi) is 3.46. The van der Waals surface area contributed by atoms with Crippen LogP contribution in [0, 0.1) is 6.92 Å². The average Bonchev–Trinajstić information content (AvgIpc) is 2.84. The van der Waals surface area contributed by atoms with E-state index in [0.717, 1.165) is 35.2 Å². The summed E-state index contributed by atoms with van der Waals surface area (Å²) in [6.07, 6.45) is 2.26. The second-order valence-corrected chi connectivity index (χ2v) is 5.45. The van der Waals surface area contributed by atoms with Crippen LogP contribution in [0.4, 0.5) is 0 Å². The molecule has 1 aliphatic heterocycles. The molecule has 0 saturated carbocycles. The van der Waals surface area contributed by atoms with Crippen LogP contribution in [0.25, 0.3) is 0 Å². The van der Waals surface area contributed by atoms with Crippen molar-refractivity contribution in [1.82, 2.24) is 4.90 Å². The van der Waals surface area contributed by atoms with Crippen molar-refractivity contribution >= 4 is 33.2 Å². The molecule has 1 saturated heterocycles. The van der Waals surface area contributed by atoms with Crippen molar-refractivity contribution in [3.63, 3.8) is 0 Å². The lowest BCUT2D eigenvalue weighted by Gasteiger charge is -2.22. The van der Waals surface area contributed by atoms with E-state index in [1.165, 1.54) is 0 Å². The van der Waals surface area contributed by atoms with E-state index < -0.39 is 0 Å². The van der Waals surface area contributed by atoms with E-state index in [1.807, 2.05) is 23.3 Å². The Hall–Kier alpha value is -0.350. The highest BCUT2D eigenvalue weighted by atomic mass is 79.9. The van der Waals surface area contributed by atoms with E-state index in [2.05, 4.69) is 15.9 Å². The van der Waals surface area contributed by atoms with E-state index in [0.29, 0.717) is 6.04 Å². The largest absolute Gasteiger partial charge is 0.334 e. The molecule has 0 radical (unpaired) electrons. The third-order valence-corrected chi connectivity index (χ3v) is 4.62. The molecule has 0 N–H and O–H groups in total. The van der Waals surface area contributed by atoms with Gasteiger partial charge in [-0.3, -0.25) is 4.79 Å². The monoisotopic (exact) mass is 287 g/mol. The lowest BCUT2D eigenvalue weighted by Crippen LogP contribution is -2.36. The van der Waals surface area contributed by atoms with E-state index >= 15 is 0 Å². The summed E-state index contributed by atoms with van der Waals surface area (Å²) in [5.41, 5.74) is 1.10. The standard InChI is InChI=1S/C11H14BrNOS/c1-8-4-6-15-10(8)11(14)13-5-2-3-9(13)7-12/h4,6,9H,2-3,5,7H2,1H3. The number of hydrogen-bond donors (Lipinski definition) is 0. The molecule has 1 aromatic heterocycles. The van der Waals surface area contributed by atoms with Crippen molar-refractivity contribution in [1.29, 1.82) is 0 Å². The Morgan fingerprint density at radius 2 is 2.53 bits per heavy atom. The summed E-state index contributed by atoms with van der Waals surface area (Å²) in [4.78, 5) is 15.1. The third kappa shape index (κ3) is 2.11. The molecule has 2 nitrogen and oxygen atoms in total. The minimum Gasteiger partial charge on any atom is -0.334 e. The second kappa shape index (κ2) is 4.66. The van der Waals surface area contributed by atoms with E-state index in [-0.39, 0.29) is 5.91 Å². The summed E-state index contributed by atoms with van der Waals surface area (Å²) in [5, 5.41) is 2.88. The molecule has 1 amide bonds. The van der Waals surface area contributed by atoms with Gasteiger partial charge in [0.05, 0.1) is 4.88 Å². The van der Waals surface area contributed by atoms with Gasteiger partial charge in [0.2, 0.25) is 0 Å². The quantitative estimate of drug-likeness (QED) is 0.766. The molecule has 82 valence electrons. The summed E-state index contributed by atoms with van der Waals surface area (Å²) in [6.45, 7) is 2.91. The highest BCUT2D eigenvalue weighted by molar-refractivity contribution is 9.09. The molecule has 0 bridgehead atoms. The number of nitrogens with zero attached hydrogens (tertiary/aromatic N) is 1. The van der Waals surface area contributed by atoms with Crippen LogP contribution in [0.3, 0.4) is 0 Å². The van der Waals surface area contributed by atoms with Crippen molar-refractivity contribution < 1.29 is 4.79 Å². The van der Waals surface area contributed by atoms with Crippen LogP contribution in [0.5, 0.6) is 0 Å². The molecular formula is C11H14BrNOS. The molecule has 2 rings (SSSR count). The molecule has 2 heterocycles. The number of amides is 1. The van der Waals surface area contributed by atoms with Gasteiger partial charge in [-0.15, -0.1) is 11.3 Å². The number of rotatable bonds is 2. The molecule has 15 heavy (non-hydrogen) atoms. The van der Waals surface area contributed by atoms with Crippen LogP contribution < -0.4 is 0 Å². The summed E-state index contributed by atoms with van der Waals surface area (Å²) in [5.74, 6) is 0.212. The topological polar surface area (TPSA) is 20.3 Å². The predicted octanol–water partition coefficient (Wildman–Crippen LogP) is 3.06. The summed E-state index contributed by atoms with van der Waals surface area (Å²) >= 11 is 5.03. The maximum Gasteiger partial charge on any atom is 0.264 e. The Morgan fingerprint density at radius 3 is 3.13 bits per heavy atom. The highest BCUT2D eigenvalue weighted by Gasteiger charge is 2.29. The summed E-state index contributed by atoms with van der Waals surface area (Å²) < 4.78 is 0. The molecule has 0 spiro atoms. The fourth-order valence-corrected chi connectivity index (χ4v) is 3.54. The van der Waals surface area contributed by atoms with Gasteiger partial charge < -0.3 is 4.90 Å². The number of likely N-dealkylation sites (tertiary alicyclic amines) is 1. The van der Waals surface area contributed by atoms with Crippen LogP contribution in [-0.2, 0) is 0 Å². The lowest BCUT2D eigenvalue weighted by molar-refractivity contribution is 0.0755. The van der Waals surface area contributed by atoms with Crippen molar-refractivity contribution in [2.24, 2.45) is 0 Å². The van der Waals surface area contributed by atoms with Crippen molar-refractivity contribution in [2.75, 3.05) is 11.9 Å². The first-order valence-electron chi connectivity index (χ1n) is 5.15. The number of carbonyl (C=O) groups excluding carboxylic acids is 1. The fraction of sp³-hybridized carbons (Fsp3) is 0.545. The van der Waals surface area contributed by atoms with Gasteiger partial charge >= 0.3 is 0 Å². The van der Waals surface area contributed by atoms with E-state index in [1.54, 1.807) is 11.3 Å². The van der Waals surface area contributed by atoms with Gasteiger partial charge in [-0.2, -0.15) is 0 Å². The molecule has 4 heteroatoms. The molecule has 1 aromatic rings. The van der Waals surface area contributed by atoms with Crippen molar-refractivity contribution in [3.8, 4) is 0 Å². The first-order chi connectivity index (χ1) is 7.24. The number of alkyl halides is 1. The average molecular weight is 288 g/mol. The second-order valence-electron chi connectivity index (χ2n) is 3.88. The molecule has 1 unspecified atom stereocenters. The van der Waals surface area contributed by atoms with Gasteiger partial charge in [-0.25, -0.2) is 0 Å². The summed E-state index contributed by atoms with van der Waals surface area (Å²) in [7, 11) is 0. The molecule has 1 atom stereocenters. The minimum atomic E-state index is 0.212. The molecule has 1 aliphatic rings. The lowest BCUT2D eigenvalue weighted by atomic mass is 10.2. The smallest absolute Gasteiger partial charge is 0.264 e. The minimum absolute atomic E-state index is 0.212. The number of carbonyl (C=O) groups is 1. The molecular weight excluding hydrogens is 274 g/mol.